The Bertz CT molecular complexity index is 554. The van der Waals surface area contributed by atoms with Gasteiger partial charge in [0.2, 0.25) is 0 Å². The normalized spacial score (nSPS) is 13.8. The van der Waals surface area contributed by atoms with E-state index in [-0.39, 0.29) is 5.02 Å². The molecule has 0 spiro atoms. The third-order valence-electron chi connectivity index (χ3n) is 2.70. The monoisotopic (exact) mass is 373 g/mol. The van der Waals surface area contributed by atoms with Gasteiger partial charge in [0, 0.05) is 10.7 Å². The molecular formula is C11H5ClF9NO. The topological polar surface area (TPSA) is 29.1 Å². The molecule has 0 unspecified atom stereocenters. The molecule has 0 aliphatic heterocycles. The van der Waals surface area contributed by atoms with E-state index in [1.54, 1.807) is 0 Å². The molecule has 0 heterocycles. The predicted octanol–water partition coefficient (Wildman–Crippen LogP) is 4.95. The van der Waals surface area contributed by atoms with Crippen LogP contribution in [0.15, 0.2) is 24.3 Å². The molecule has 0 atom stereocenters. The summed E-state index contributed by atoms with van der Waals surface area (Å²) in [7, 11) is 0. The second-order valence-electron chi connectivity index (χ2n) is 4.21. The zero-order valence-electron chi connectivity index (χ0n) is 10.5. The van der Waals surface area contributed by atoms with Gasteiger partial charge >= 0.3 is 23.9 Å². The summed E-state index contributed by atoms with van der Waals surface area (Å²) in [5.41, 5.74) is -7.33. The predicted molar refractivity (Wildman–Crippen MR) is 60.7 cm³/mol. The van der Waals surface area contributed by atoms with E-state index in [0.29, 0.717) is 6.07 Å². The number of rotatable bonds is 2. The van der Waals surface area contributed by atoms with Gasteiger partial charge in [-0.2, -0.15) is 39.5 Å². The lowest BCUT2D eigenvalue weighted by Gasteiger charge is -2.36. The fraction of sp³-hybridized carbons (Fsp3) is 0.364. The summed E-state index contributed by atoms with van der Waals surface area (Å²) >= 11 is 5.39. The number of hydrogen-bond acceptors (Lipinski definition) is 1. The number of anilines is 1. The molecule has 1 rings (SSSR count). The quantitative estimate of drug-likeness (QED) is 0.730. The molecule has 23 heavy (non-hydrogen) atoms. The van der Waals surface area contributed by atoms with E-state index in [9.17, 15) is 44.3 Å². The van der Waals surface area contributed by atoms with Crippen molar-refractivity contribution in [2.75, 3.05) is 5.32 Å². The first-order valence-corrected chi connectivity index (χ1v) is 5.79. The lowest BCUT2D eigenvalue weighted by molar-refractivity contribution is -0.405. The van der Waals surface area contributed by atoms with Gasteiger partial charge < -0.3 is 5.32 Å². The van der Waals surface area contributed by atoms with Crippen molar-refractivity contribution in [2.45, 2.75) is 18.5 Å². The summed E-state index contributed by atoms with van der Waals surface area (Å²) in [6.07, 6.45) is -20.9. The number of carbonyl (C=O) groups is 1. The molecule has 1 amide bonds. The van der Waals surface area contributed by atoms with Crippen molar-refractivity contribution < 1.29 is 44.3 Å². The van der Waals surface area contributed by atoms with Gasteiger partial charge in [0.25, 0.3) is 5.91 Å². The van der Waals surface area contributed by atoms with Crippen molar-refractivity contribution in [3.63, 3.8) is 0 Å². The largest absolute Gasteiger partial charge is 0.421 e. The van der Waals surface area contributed by atoms with E-state index < -0.39 is 35.5 Å². The first kappa shape index (κ1) is 19.4. The highest BCUT2D eigenvalue weighted by Crippen LogP contribution is 2.59. The second kappa shape index (κ2) is 5.77. The van der Waals surface area contributed by atoms with Crippen LogP contribution in [0.1, 0.15) is 0 Å². The zero-order chi connectivity index (χ0) is 18.3. The van der Waals surface area contributed by atoms with Gasteiger partial charge in [-0.3, -0.25) is 4.79 Å². The summed E-state index contributed by atoms with van der Waals surface area (Å²) in [5.74, 6) is -3.33. The highest BCUT2D eigenvalue weighted by Gasteiger charge is 2.88. The first-order chi connectivity index (χ1) is 10.1. The molecule has 0 saturated heterocycles. The summed E-state index contributed by atoms with van der Waals surface area (Å²) < 4.78 is 114. The summed E-state index contributed by atoms with van der Waals surface area (Å²) in [4.78, 5) is 11.4. The standard InChI is InChI=1S/C11H5ClF9NO/c12-5-2-1-3-6(4-5)22-7(23)8(9(13,14)15,10(16,17)18)11(19,20)21/h1-4H,(H,22,23). The van der Waals surface area contributed by atoms with Crippen LogP contribution in [0.3, 0.4) is 0 Å². The van der Waals surface area contributed by atoms with Gasteiger partial charge in [-0.15, -0.1) is 0 Å². The van der Waals surface area contributed by atoms with Crippen LogP contribution >= 0.6 is 11.6 Å². The van der Waals surface area contributed by atoms with Crippen LogP contribution < -0.4 is 5.32 Å². The van der Waals surface area contributed by atoms with Crippen molar-refractivity contribution in [1.29, 1.82) is 0 Å². The van der Waals surface area contributed by atoms with Crippen LogP contribution in [0.5, 0.6) is 0 Å². The number of alkyl halides is 9. The van der Waals surface area contributed by atoms with E-state index >= 15 is 0 Å². The van der Waals surface area contributed by atoms with Gasteiger partial charge in [0.05, 0.1) is 0 Å². The highest BCUT2D eigenvalue weighted by atomic mass is 35.5. The third-order valence-corrected chi connectivity index (χ3v) is 2.93. The van der Waals surface area contributed by atoms with E-state index in [4.69, 9.17) is 11.6 Å². The molecule has 1 N–H and O–H groups in total. The number of halogens is 10. The van der Waals surface area contributed by atoms with Gasteiger partial charge in [-0.1, -0.05) is 17.7 Å². The number of nitrogens with one attached hydrogen (secondary N) is 1. The summed E-state index contributed by atoms with van der Waals surface area (Å²) in [6.45, 7) is 0. The maximum Gasteiger partial charge on any atom is 0.421 e. The number of benzene rings is 1. The van der Waals surface area contributed by atoms with Crippen LogP contribution in [-0.2, 0) is 4.79 Å². The van der Waals surface area contributed by atoms with E-state index in [1.807, 2.05) is 0 Å². The number of hydrogen-bond donors (Lipinski definition) is 1. The molecule has 0 bridgehead atoms. The lowest BCUT2D eigenvalue weighted by atomic mass is 9.84. The van der Waals surface area contributed by atoms with E-state index in [0.717, 1.165) is 23.5 Å². The van der Waals surface area contributed by atoms with Crippen LogP contribution in [0.4, 0.5) is 45.2 Å². The molecule has 12 heteroatoms. The zero-order valence-corrected chi connectivity index (χ0v) is 11.3. The number of carbonyl (C=O) groups excluding carboxylic acids is 1. The van der Waals surface area contributed by atoms with Crippen molar-refractivity contribution in [3.05, 3.63) is 29.3 Å². The SMILES string of the molecule is O=C(Nc1cccc(Cl)c1)C(C(F)(F)F)(C(F)(F)F)C(F)(F)F. The van der Waals surface area contributed by atoms with Crippen molar-refractivity contribution >= 4 is 23.2 Å². The fourth-order valence-corrected chi connectivity index (χ4v) is 1.85. The molecule has 0 radical (unpaired) electrons. The minimum absolute atomic E-state index is 0.223. The molecule has 1 aromatic rings. The van der Waals surface area contributed by atoms with Crippen LogP contribution in [0.2, 0.25) is 5.02 Å². The van der Waals surface area contributed by atoms with E-state index in [1.165, 1.54) is 0 Å². The Balaban J connectivity index is 3.49. The maximum absolute atomic E-state index is 12.7. The van der Waals surface area contributed by atoms with Crippen LogP contribution in [-0.4, -0.2) is 24.4 Å². The van der Waals surface area contributed by atoms with Crippen LogP contribution in [0.25, 0.3) is 0 Å². The minimum Gasteiger partial charge on any atom is -0.325 e. The molecule has 0 aliphatic rings. The maximum atomic E-state index is 12.7. The Labute approximate surface area is 127 Å². The highest BCUT2D eigenvalue weighted by molar-refractivity contribution is 6.30. The Hall–Kier alpha value is -1.65. The van der Waals surface area contributed by atoms with Crippen molar-refractivity contribution in [2.24, 2.45) is 5.41 Å². The smallest absolute Gasteiger partial charge is 0.325 e. The molecule has 130 valence electrons. The molecule has 2 nitrogen and oxygen atoms in total. The van der Waals surface area contributed by atoms with Gasteiger partial charge in [-0.05, 0) is 18.2 Å². The number of amides is 1. The minimum atomic E-state index is -6.97. The summed E-state index contributed by atoms with van der Waals surface area (Å²) in [6, 6.07) is 3.61. The molecule has 0 fully saturated rings. The van der Waals surface area contributed by atoms with E-state index in [2.05, 4.69) is 0 Å². The molecule has 1 aromatic carbocycles. The third kappa shape index (κ3) is 3.33. The van der Waals surface area contributed by atoms with Crippen LogP contribution in [0, 0.1) is 5.41 Å². The van der Waals surface area contributed by atoms with Gasteiger partial charge in [0.1, 0.15) is 0 Å². The Morgan fingerprint density at radius 2 is 1.30 bits per heavy atom. The molecule has 0 saturated carbocycles. The van der Waals surface area contributed by atoms with Crippen molar-refractivity contribution in [1.82, 2.24) is 0 Å². The molecule has 0 aromatic heterocycles. The van der Waals surface area contributed by atoms with Gasteiger partial charge in [-0.25, -0.2) is 0 Å². The molecular weight excluding hydrogens is 369 g/mol. The summed E-state index contributed by atoms with van der Waals surface area (Å²) in [5, 5.41) is 0.737. The molecule has 0 aliphatic carbocycles. The lowest BCUT2D eigenvalue weighted by Crippen LogP contribution is -2.65. The van der Waals surface area contributed by atoms with Crippen molar-refractivity contribution in [3.8, 4) is 0 Å². The average molecular weight is 374 g/mol. The van der Waals surface area contributed by atoms with Gasteiger partial charge in [0.15, 0.2) is 0 Å². The Morgan fingerprint density at radius 1 is 0.870 bits per heavy atom. The average Bonchev–Trinajstić information content (AvgIpc) is 2.22. The Morgan fingerprint density at radius 3 is 1.65 bits per heavy atom. The first-order valence-electron chi connectivity index (χ1n) is 5.42. The Kier molecular flexibility index (Phi) is 4.86. The second-order valence-corrected chi connectivity index (χ2v) is 4.64. The fourth-order valence-electron chi connectivity index (χ4n) is 1.66.